The minimum Gasteiger partial charge on any atom is -0.379 e. The first-order valence-electron chi connectivity index (χ1n) is 10.9. The highest BCUT2D eigenvalue weighted by atomic mass is 32.2. The van der Waals surface area contributed by atoms with Crippen molar-refractivity contribution in [1.29, 1.82) is 0 Å². The van der Waals surface area contributed by atoms with Gasteiger partial charge in [-0.05, 0) is 19.8 Å². The van der Waals surface area contributed by atoms with Crippen molar-refractivity contribution in [1.82, 2.24) is 25.4 Å². The number of H-pyrrole nitrogens is 1. The molecule has 1 saturated heterocycles. The second-order valence-corrected chi connectivity index (χ2v) is 9.22. The number of aromatic amines is 1. The highest BCUT2D eigenvalue weighted by molar-refractivity contribution is 7.99. The average molecular weight is 430 g/mol. The van der Waals surface area contributed by atoms with Gasteiger partial charge in [0.05, 0.1) is 19.0 Å². The minimum absolute atomic E-state index is 0.0416. The van der Waals surface area contributed by atoms with Gasteiger partial charge in [-0.3, -0.25) is 14.8 Å². The molecule has 162 valence electrons. The Morgan fingerprint density at radius 2 is 1.93 bits per heavy atom. The molecule has 7 nitrogen and oxygen atoms in total. The lowest BCUT2D eigenvalue weighted by Gasteiger charge is -2.48. The third-order valence-corrected chi connectivity index (χ3v) is 7.05. The molecule has 2 aliphatic rings. The number of ether oxygens (including phenoxy) is 1. The van der Waals surface area contributed by atoms with Crippen molar-refractivity contribution in [3.8, 4) is 11.4 Å². The van der Waals surface area contributed by atoms with E-state index >= 15 is 0 Å². The molecule has 2 heterocycles. The Hall–Kier alpha value is -1.90. The maximum atomic E-state index is 12.6. The second-order valence-electron chi connectivity index (χ2n) is 8.28. The van der Waals surface area contributed by atoms with Crippen LogP contribution in [0, 0.1) is 6.92 Å². The number of carbonyl (C=O) groups excluding carboxylic acids is 1. The van der Waals surface area contributed by atoms with Crippen molar-refractivity contribution in [3.63, 3.8) is 0 Å². The van der Waals surface area contributed by atoms with Crippen LogP contribution in [0.15, 0.2) is 29.4 Å². The van der Waals surface area contributed by atoms with E-state index in [-0.39, 0.29) is 11.4 Å². The lowest BCUT2D eigenvalue weighted by molar-refractivity contribution is -0.119. The van der Waals surface area contributed by atoms with Gasteiger partial charge in [0.15, 0.2) is 5.82 Å². The molecule has 1 aliphatic heterocycles. The summed E-state index contributed by atoms with van der Waals surface area (Å²) in [5.74, 6) is 1.09. The predicted molar refractivity (Wildman–Crippen MR) is 118 cm³/mol. The molecule has 2 N–H and O–H groups in total. The van der Waals surface area contributed by atoms with E-state index in [1.807, 2.05) is 24.3 Å². The van der Waals surface area contributed by atoms with E-state index in [4.69, 9.17) is 4.74 Å². The number of aryl methyl sites for hydroxylation is 1. The lowest BCUT2D eigenvalue weighted by atomic mass is 9.79. The van der Waals surface area contributed by atoms with Crippen molar-refractivity contribution in [2.75, 3.05) is 38.6 Å². The average Bonchev–Trinajstić information content (AvgIpc) is 3.27. The van der Waals surface area contributed by atoms with E-state index < -0.39 is 0 Å². The molecule has 1 amide bonds. The number of amides is 1. The van der Waals surface area contributed by atoms with Crippen LogP contribution in [0.1, 0.15) is 37.7 Å². The third kappa shape index (κ3) is 5.22. The van der Waals surface area contributed by atoms with Crippen LogP contribution in [-0.4, -0.2) is 70.1 Å². The Bertz CT molecular complexity index is 826. The predicted octanol–water partition coefficient (Wildman–Crippen LogP) is 3.02. The molecule has 0 spiro atoms. The lowest BCUT2D eigenvalue weighted by Crippen LogP contribution is -2.59. The number of benzene rings is 1. The van der Waals surface area contributed by atoms with Gasteiger partial charge >= 0.3 is 0 Å². The topological polar surface area (TPSA) is 83.1 Å². The molecule has 4 rings (SSSR count). The molecule has 0 unspecified atom stereocenters. The van der Waals surface area contributed by atoms with E-state index in [9.17, 15) is 4.79 Å². The molecular formula is C22H31N5O2S. The van der Waals surface area contributed by atoms with Gasteiger partial charge in [0.2, 0.25) is 11.1 Å². The number of thioether (sulfide) groups is 1. The van der Waals surface area contributed by atoms with Gasteiger partial charge in [-0.1, -0.05) is 60.9 Å². The summed E-state index contributed by atoms with van der Waals surface area (Å²) in [4.78, 5) is 19.6. The summed E-state index contributed by atoms with van der Waals surface area (Å²) in [7, 11) is 0. The largest absolute Gasteiger partial charge is 0.379 e. The normalized spacial score (nSPS) is 19.5. The van der Waals surface area contributed by atoms with Crippen LogP contribution in [0.5, 0.6) is 0 Å². The fourth-order valence-electron chi connectivity index (χ4n) is 4.45. The molecular weight excluding hydrogens is 398 g/mol. The van der Waals surface area contributed by atoms with Crippen LogP contribution in [0.4, 0.5) is 0 Å². The number of hydrogen-bond acceptors (Lipinski definition) is 6. The van der Waals surface area contributed by atoms with Crippen LogP contribution in [0.3, 0.4) is 0 Å². The zero-order valence-electron chi connectivity index (χ0n) is 17.7. The first-order valence-corrected chi connectivity index (χ1v) is 11.8. The van der Waals surface area contributed by atoms with Gasteiger partial charge in [0, 0.05) is 30.7 Å². The van der Waals surface area contributed by atoms with E-state index in [2.05, 4.69) is 32.3 Å². The van der Waals surface area contributed by atoms with Gasteiger partial charge < -0.3 is 10.1 Å². The smallest absolute Gasteiger partial charge is 0.230 e. The molecule has 1 saturated carbocycles. The van der Waals surface area contributed by atoms with E-state index in [1.54, 1.807) is 0 Å². The summed E-state index contributed by atoms with van der Waals surface area (Å²) in [6.07, 6.45) is 6.08. The monoisotopic (exact) mass is 429 g/mol. The molecule has 8 heteroatoms. The first kappa shape index (κ1) is 21.3. The Labute approximate surface area is 182 Å². The van der Waals surface area contributed by atoms with Crippen molar-refractivity contribution < 1.29 is 9.53 Å². The fourth-order valence-corrected chi connectivity index (χ4v) is 5.08. The number of nitrogens with zero attached hydrogens (tertiary/aromatic N) is 3. The van der Waals surface area contributed by atoms with Crippen LogP contribution in [-0.2, 0) is 9.53 Å². The number of rotatable bonds is 7. The summed E-state index contributed by atoms with van der Waals surface area (Å²) in [5.41, 5.74) is 2.29. The Kier molecular flexibility index (Phi) is 7.07. The van der Waals surface area contributed by atoms with Crippen molar-refractivity contribution >= 4 is 17.7 Å². The minimum atomic E-state index is 0.0416. The van der Waals surface area contributed by atoms with Crippen molar-refractivity contribution in [3.05, 3.63) is 29.8 Å². The van der Waals surface area contributed by atoms with Crippen molar-refractivity contribution in [2.24, 2.45) is 0 Å². The van der Waals surface area contributed by atoms with Gasteiger partial charge in [-0.15, -0.1) is 5.10 Å². The highest BCUT2D eigenvalue weighted by Crippen LogP contribution is 2.34. The molecule has 0 radical (unpaired) electrons. The molecule has 2 fully saturated rings. The van der Waals surface area contributed by atoms with Crippen LogP contribution in [0.25, 0.3) is 11.4 Å². The fraction of sp³-hybridized carbons (Fsp3) is 0.591. The molecule has 0 bridgehead atoms. The van der Waals surface area contributed by atoms with Gasteiger partial charge in [-0.2, -0.15) is 0 Å². The molecule has 0 atom stereocenters. The molecule has 30 heavy (non-hydrogen) atoms. The number of hydrogen-bond donors (Lipinski definition) is 2. The molecule has 1 aliphatic carbocycles. The van der Waals surface area contributed by atoms with Crippen LogP contribution >= 0.6 is 11.8 Å². The molecule has 1 aromatic heterocycles. The van der Waals surface area contributed by atoms with Gasteiger partial charge in [0.1, 0.15) is 0 Å². The maximum absolute atomic E-state index is 12.6. The standard InChI is InChI=1S/C22H31N5O2S/c1-17-5-7-18(8-6-17)20-24-21(26-25-20)30-15-19(28)23-16-22(9-3-2-4-10-22)27-11-13-29-14-12-27/h5-8H,2-4,9-16H2,1H3,(H,23,28)(H,24,25,26). The number of aromatic nitrogens is 3. The summed E-state index contributed by atoms with van der Waals surface area (Å²) >= 11 is 1.37. The quantitative estimate of drug-likeness (QED) is 0.659. The van der Waals surface area contributed by atoms with E-state index in [1.165, 1.54) is 36.6 Å². The molecule has 2 aromatic rings. The maximum Gasteiger partial charge on any atom is 0.230 e. The number of morpholine rings is 1. The summed E-state index contributed by atoms with van der Waals surface area (Å²) in [6, 6.07) is 8.14. The number of nitrogens with one attached hydrogen (secondary N) is 2. The first-order chi connectivity index (χ1) is 14.6. The Balaban J connectivity index is 1.29. The summed E-state index contributed by atoms with van der Waals surface area (Å²) < 4.78 is 5.54. The summed E-state index contributed by atoms with van der Waals surface area (Å²) in [5, 5.41) is 11.0. The third-order valence-electron chi connectivity index (χ3n) is 6.20. The Morgan fingerprint density at radius 3 is 2.67 bits per heavy atom. The van der Waals surface area contributed by atoms with Gasteiger partial charge in [0.25, 0.3) is 0 Å². The zero-order chi connectivity index (χ0) is 20.8. The second kappa shape index (κ2) is 9.94. The van der Waals surface area contributed by atoms with E-state index in [0.717, 1.165) is 57.1 Å². The number of carbonyl (C=O) groups is 1. The molecule has 1 aromatic carbocycles. The van der Waals surface area contributed by atoms with Crippen LogP contribution < -0.4 is 5.32 Å². The zero-order valence-corrected chi connectivity index (χ0v) is 18.5. The van der Waals surface area contributed by atoms with Crippen molar-refractivity contribution in [2.45, 2.75) is 49.7 Å². The van der Waals surface area contributed by atoms with Crippen LogP contribution in [0.2, 0.25) is 0 Å². The summed E-state index contributed by atoms with van der Waals surface area (Å²) in [6.45, 7) is 6.28. The van der Waals surface area contributed by atoms with E-state index in [0.29, 0.717) is 10.9 Å². The van der Waals surface area contributed by atoms with Gasteiger partial charge in [-0.25, -0.2) is 4.98 Å². The Morgan fingerprint density at radius 1 is 1.20 bits per heavy atom. The SMILES string of the molecule is Cc1ccc(-c2nc(SCC(=O)NCC3(N4CCOCC4)CCCCC3)n[nH]2)cc1. The highest BCUT2D eigenvalue weighted by Gasteiger charge is 2.38.